The van der Waals surface area contributed by atoms with E-state index in [1.54, 1.807) is 0 Å². The standard InChI is InChI=1S/C13H22N4O/c1-4-17-12(9-11(15-17)10(2)3)13(18)16-7-5-14-6-8-16/h9-10,14H,4-8H2,1-3H3. The molecule has 1 aromatic heterocycles. The highest BCUT2D eigenvalue weighted by Crippen LogP contribution is 2.16. The Morgan fingerprint density at radius 1 is 1.44 bits per heavy atom. The number of nitrogens with zero attached hydrogens (tertiary/aromatic N) is 3. The molecule has 2 heterocycles. The molecule has 0 atom stereocenters. The number of carbonyl (C=O) groups excluding carboxylic acids is 1. The van der Waals surface area contributed by atoms with Gasteiger partial charge in [0.25, 0.3) is 5.91 Å². The van der Waals surface area contributed by atoms with Gasteiger partial charge in [-0.3, -0.25) is 9.48 Å². The number of nitrogens with one attached hydrogen (secondary N) is 1. The zero-order chi connectivity index (χ0) is 13.1. The topological polar surface area (TPSA) is 50.2 Å². The maximum absolute atomic E-state index is 12.5. The minimum atomic E-state index is 0.109. The van der Waals surface area contributed by atoms with Crippen LogP contribution >= 0.6 is 0 Å². The molecule has 1 aliphatic rings. The predicted molar refractivity (Wildman–Crippen MR) is 70.8 cm³/mol. The lowest BCUT2D eigenvalue weighted by atomic mass is 10.1. The van der Waals surface area contributed by atoms with Gasteiger partial charge in [-0.1, -0.05) is 13.8 Å². The maximum Gasteiger partial charge on any atom is 0.272 e. The second-order valence-corrected chi connectivity index (χ2v) is 4.97. The molecule has 5 nitrogen and oxygen atoms in total. The van der Waals surface area contributed by atoms with E-state index in [9.17, 15) is 4.79 Å². The predicted octanol–water partition coefficient (Wildman–Crippen LogP) is 1.07. The molecule has 1 fully saturated rings. The van der Waals surface area contributed by atoms with Crippen LogP contribution in [0, 0.1) is 0 Å². The monoisotopic (exact) mass is 250 g/mol. The first-order valence-electron chi connectivity index (χ1n) is 6.71. The van der Waals surface area contributed by atoms with Crippen molar-refractivity contribution in [3.8, 4) is 0 Å². The number of rotatable bonds is 3. The van der Waals surface area contributed by atoms with Crippen molar-refractivity contribution in [2.75, 3.05) is 26.2 Å². The van der Waals surface area contributed by atoms with Crippen molar-refractivity contribution in [1.82, 2.24) is 20.0 Å². The SMILES string of the molecule is CCn1nc(C(C)C)cc1C(=O)N1CCNCC1. The Morgan fingerprint density at radius 3 is 2.67 bits per heavy atom. The third-order valence-corrected chi connectivity index (χ3v) is 3.31. The largest absolute Gasteiger partial charge is 0.335 e. The molecule has 0 aliphatic carbocycles. The molecule has 0 bridgehead atoms. The minimum Gasteiger partial charge on any atom is -0.335 e. The molecule has 1 saturated heterocycles. The van der Waals surface area contributed by atoms with Gasteiger partial charge < -0.3 is 10.2 Å². The van der Waals surface area contributed by atoms with Gasteiger partial charge in [0.1, 0.15) is 5.69 Å². The van der Waals surface area contributed by atoms with E-state index in [1.807, 2.05) is 22.6 Å². The van der Waals surface area contributed by atoms with Crippen molar-refractivity contribution in [3.63, 3.8) is 0 Å². The summed E-state index contributed by atoms with van der Waals surface area (Å²) in [5, 5.41) is 7.75. The fourth-order valence-electron chi connectivity index (χ4n) is 2.16. The first-order chi connectivity index (χ1) is 8.63. The fraction of sp³-hybridized carbons (Fsp3) is 0.692. The molecule has 0 spiro atoms. The number of aromatic nitrogens is 2. The van der Waals surface area contributed by atoms with Gasteiger partial charge in [-0.05, 0) is 18.9 Å². The summed E-state index contributed by atoms with van der Waals surface area (Å²) >= 11 is 0. The molecular weight excluding hydrogens is 228 g/mol. The lowest BCUT2D eigenvalue weighted by Crippen LogP contribution is -2.46. The normalized spacial score (nSPS) is 16.3. The van der Waals surface area contributed by atoms with Crippen LogP contribution in [0.25, 0.3) is 0 Å². The van der Waals surface area contributed by atoms with Crippen LogP contribution < -0.4 is 5.32 Å². The van der Waals surface area contributed by atoms with Gasteiger partial charge in [-0.15, -0.1) is 0 Å². The van der Waals surface area contributed by atoms with E-state index in [-0.39, 0.29) is 5.91 Å². The van der Waals surface area contributed by atoms with E-state index in [0.29, 0.717) is 5.92 Å². The zero-order valence-corrected chi connectivity index (χ0v) is 11.4. The summed E-state index contributed by atoms with van der Waals surface area (Å²) in [5.74, 6) is 0.463. The molecule has 1 aliphatic heterocycles. The Hall–Kier alpha value is -1.36. The molecule has 1 amide bonds. The van der Waals surface area contributed by atoms with Crippen molar-refractivity contribution < 1.29 is 4.79 Å². The second kappa shape index (κ2) is 5.52. The Balaban J connectivity index is 2.22. The lowest BCUT2D eigenvalue weighted by Gasteiger charge is -2.27. The quantitative estimate of drug-likeness (QED) is 0.873. The number of amides is 1. The van der Waals surface area contributed by atoms with Crippen LogP contribution in [-0.2, 0) is 6.54 Å². The van der Waals surface area contributed by atoms with Crippen molar-refractivity contribution in [1.29, 1.82) is 0 Å². The molecule has 2 rings (SSSR count). The van der Waals surface area contributed by atoms with Gasteiger partial charge in [0.2, 0.25) is 0 Å². The zero-order valence-electron chi connectivity index (χ0n) is 11.4. The number of hydrogen-bond acceptors (Lipinski definition) is 3. The third-order valence-electron chi connectivity index (χ3n) is 3.31. The molecular formula is C13H22N4O. The van der Waals surface area contributed by atoms with Gasteiger partial charge in [-0.25, -0.2) is 0 Å². The van der Waals surface area contributed by atoms with Crippen LogP contribution in [0.5, 0.6) is 0 Å². The average molecular weight is 250 g/mol. The number of hydrogen-bond donors (Lipinski definition) is 1. The van der Waals surface area contributed by atoms with E-state index in [2.05, 4.69) is 24.3 Å². The Bertz CT molecular complexity index is 419. The van der Waals surface area contributed by atoms with E-state index in [4.69, 9.17) is 0 Å². The van der Waals surface area contributed by atoms with Crippen molar-refractivity contribution in [2.45, 2.75) is 33.2 Å². The fourth-order valence-corrected chi connectivity index (χ4v) is 2.16. The second-order valence-electron chi connectivity index (χ2n) is 4.97. The molecule has 100 valence electrons. The molecule has 0 unspecified atom stereocenters. The van der Waals surface area contributed by atoms with E-state index < -0.39 is 0 Å². The summed E-state index contributed by atoms with van der Waals surface area (Å²) in [6, 6.07) is 1.94. The Labute approximate surface area is 108 Å². The number of aryl methyl sites for hydroxylation is 1. The van der Waals surface area contributed by atoms with Gasteiger partial charge in [-0.2, -0.15) is 5.10 Å². The van der Waals surface area contributed by atoms with Crippen LogP contribution in [0.1, 0.15) is 42.9 Å². The molecule has 0 saturated carbocycles. The smallest absolute Gasteiger partial charge is 0.272 e. The highest BCUT2D eigenvalue weighted by molar-refractivity contribution is 5.92. The lowest BCUT2D eigenvalue weighted by molar-refractivity contribution is 0.0723. The molecule has 0 radical (unpaired) electrons. The molecule has 1 aromatic rings. The van der Waals surface area contributed by atoms with Gasteiger partial charge >= 0.3 is 0 Å². The first kappa shape index (κ1) is 13.1. The van der Waals surface area contributed by atoms with Crippen molar-refractivity contribution in [3.05, 3.63) is 17.5 Å². The van der Waals surface area contributed by atoms with Crippen LogP contribution in [-0.4, -0.2) is 46.8 Å². The summed E-state index contributed by atoms with van der Waals surface area (Å²) in [6.07, 6.45) is 0. The van der Waals surface area contributed by atoms with Crippen LogP contribution in [0.2, 0.25) is 0 Å². The number of carbonyl (C=O) groups is 1. The van der Waals surface area contributed by atoms with Gasteiger partial charge in [0.15, 0.2) is 0 Å². The highest BCUT2D eigenvalue weighted by Gasteiger charge is 2.22. The molecule has 18 heavy (non-hydrogen) atoms. The first-order valence-corrected chi connectivity index (χ1v) is 6.71. The van der Waals surface area contributed by atoms with E-state index in [0.717, 1.165) is 44.1 Å². The third kappa shape index (κ3) is 2.56. The molecule has 1 N–H and O–H groups in total. The van der Waals surface area contributed by atoms with Gasteiger partial charge in [0, 0.05) is 32.7 Å². The maximum atomic E-state index is 12.5. The van der Waals surface area contributed by atoms with Crippen molar-refractivity contribution >= 4 is 5.91 Å². The highest BCUT2D eigenvalue weighted by atomic mass is 16.2. The van der Waals surface area contributed by atoms with Crippen LogP contribution in [0.4, 0.5) is 0 Å². The molecule has 0 aromatic carbocycles. The van der Waals surface area contributed by atoms with Crippen LogP contribution in [0.15, 0.2) is 6.07 Å². The molecule has 5 heteroatoms. The van der Waals surface area contributed by atoms with E-state index >= 15 is 0 Å². The van der Waals surface area contributed by atoms with Gasteiger partial charge in [0.05, 0.1) is 5.69 Å². The van der Waals surface area contributed by atoms with Crippen LogP contribution in [0.3, 0.4) is 0 Å². The summed E-state index contributed by atoms with van der Waals surface area (Å²) in [4.78, 5) is 14.4. The minimum absolute atomic E-state index is 0.109. The van der Waals surface area contributed by atoms with E-state index in [1.165, 1.54) is 0 Å². The Kier molecular flexibility index (Phi) is 4.01. The average Bonchev–Trinajstić information content (AvgIpc) is 2.83. The Morgan fingerprint density at radius 2 is 2.11 bits per heavy atom. The number of piperazine rings is 1. The summed E-state index contributed by atoms with van der Waals surface area (Å²) in [6.45, 7) is 10.3. The van der Waals surface area contributed by atoms with Crippen molar-refractivity contribution in [2.24, 2.45) is 0 Å². The summed E-state index contributed by atoms with van der Waals surface area (Å²) in [7, 11) is 0. The summed E-state index contributed by atoms with van der Waals surface area (Å²) < 4.78 is 1.82. The summed E-state index contributed by atoms with van der Waals surface area (Å²) in [5.41, 5.74) is 1.72.